The van der Waals surface area contributed by atoms with Crippen LogP contribution in [0.4, 0.5) is 0 Å². The maximum absolute atomic E-state index is 13.2. The van der Waals surface area contributed by atoms with Gasteiger partial charge in [0.2, 0.25) is 0 Å². The van der Waals surface area contributed by atoms with Crippen molar-refractivity contribution in [2.24, 2.45) is 0 Å². The summed E-state index contributed by atoms with van der Waals surface area (Å²) < 4.78 is 7.06. The van der Waals surface area contributed by atoms with Gasteiger partial charge in [-0.05, 0) is 42.6 Å². The summed E-state index contributed by atoms with van der Waals surface area (Å²) >= 11 is 0. The summed E-state index contributed by atoms with van der Waals surface area (Å²) in [6, 6.07) is 13.3. The van der Waals surface area contributed by atoms with Gasteiger partial charge in [-0.3, -0.25) is 14.5 Å². The Hall–Kier alpha value is -3.94. The van der Waals surface area contributed by atoms with E-state index in [1.807, 2.05) is 53.3 Å². The highest BCUT2D eigenvalue weighted by atomic mass is 16.5. The van der Waals surface area contributed by atoms with Crippen LogP contribution in [0.25, 0.3) is 10.9 Å². The van der Waals surface area contributed by atoms with Crippen LogP contribution >= 0.6 is 0 Å². The number of amides is 1. The molecule has 0 unspecified atom stereocenters. The van der Waals surface area contributed by atoms with E-state index in [2.05, 4.69) is 15.1 Å². The standard InChI is InChI=1S/C24H23N5O3/c1-2-32-24(31)22-19-15-28(23(30)17-7-6-16-8-11-26-20(16)13-17)12-9-21(19)29(27-22)14-18-5-3-4-10-25-18/h3-8,10-11,13,26H,2,9,12,14-15H2,1H3. The van der Waals surface area contributed by atoms with E-state index in [0.29, 0.717) is 31.6 Å². The van der Waals surface area contributed by atoms with E-state index in [1.165, 1.54) is 0 Å². The van der Waals surface area contributed by atoms with Crippen LogP contribution in [0.1, 0.15) is 44.7 Å². The van der Waals surface area contributed by atoms with Gasteiger partial charge in [-0.2, -0.15) is 5.10 Å². The lowest BCUT2D eigenvalue weighted by Crippen LogP contribution is -2.36. The lowest BCUT2D eigenvalue weighted by atomic mass is 10.0. The molecule has 1 aliphatic heterocycles. The van der Waals surface area contributed by atoms with Crippen LogP contribution in [0.5, 0.6) is 0 Å². The van der Waals surface area contributed by atoms with Gasteiger partial charge in [-0.25, -0.2) is 4.79 Å². The van der Waals surface area contributed by atoms with Gasteiger partial charge >= 0.3 is 5.97 Å². The molecule has 0 fully saturated rings. The zero-order valence-corrected chi connectivity index (χ0v) is 17.7. The van der Waals surface area contributed by atoms with Gasteiger partial charge in [0.05, 0.1) is 25.4 Å². The van der Waals surface area contributed by atoms with E-state index in [1.54, 1.807) is 18.0 Å². The fourth-order valence-electron chi connectivity index (χ4n) is 4.17. The van der Waals surface area contributed by atoms with Crippen LogP contribution in [-0.2, 0) is 24.2 Å². The number of esters is 1. The number of hydrogen-bond acceptors (Lipinski definition) is 5. The lowest BCUT2D eigenvalue weighted by Gasteiger charge is -2.28. The van der Waals surface area contributed by atoms with Gasteiger partial charge in [0.1, 0.15) is 0 Å². The van der Waals surface area contributed by atoms with E-state index < -0.39 is 5.97 Å². The van der Waals surface area contributed by atoms with Crippen molar-refractivity contribution in [3.05, 3.63) is 83.1 Å². The SMILES string of the molecule is CCOC(=O)c1nn(Cc2ccccn2)c2c1CN(C(=O)c1ccc3cc[nH]c3c1)CC2. The van der Waals surface area contributed by atoms with Crippen LogP contribution in [0, 0.1) is 0 Å². The Morgan fingerprint density at radius 1 is 1.19 bits per heavy atom. The molecule has 0 bridgehead atoms. The van der Waals surface area contributed by atoms with Crippen molar-refractivity contribution in [2.45, 2.75) is 26.4 Å². The van der Waals surface area contributed by atoms with Gasteiger partial charge in [0.25, 0.3) is 5.91 Å². The molecule has 4 aromatic rings. The zero-order valence-electron chi connectivity index (χ0n) is 17.7. The number of hydrogen-bond donors (Lipinski definition) is 1. The smallest absolute Gasteiger partial charge is 0.359 e. The van der Waals surface area contributed by atoms with E-state index >= 15 is 0 Å². The molecule has 1 amide bonds. The number of fused-ring (bicyclic) bond motifs is 2. The minimum absolute atomic E-state index is 0.0700. The topological polar surface area (TPSA) is 93.1 Å². The summed E-state index contributed by atoms with van der Waals surface area (Å²) in [5.74, 6) is -0.537. The second-order valence-electron chi connectivity index (χ2n) is 7.73. The van der Waals surface area contributed by atoms with Crippen LogP contribution in [-0.4, -0.2) is 49.7 Å². The van der Waals surface area contributed by atoms with Crippen molar-refractivity contribution in [3.63, 3.8) is 0 Å². The van der Waals surface area contributed by atoms with Crippen molar-refractivity contribution in [1.29, 1.82) is 0 Å². The molecule has 3 aromatic heterocycles. The van der Waals surface area contributed by atoms with Crippen LogP contribution < -0.4 is 0 Å². The number of benzene rings is 1. The highest BCUT2D eigenvalue weighted by Gasteiger charge is 2.31. The highest BCUT2D eigenvalue weighted by Crippen LogP contribution is 2.26. The molecule has 1 N–H and O–H groups in total. The number of carbonyl (C=O) groups excluding carboxylic acids is 2. The Kier molecular flexibility index (Phi) is 5.18. The average molecular weight is 429 g/mol. The average Bonchev–Trinajstić information content (AvgIpc) is 3.43. The third kappa shape index (κ3) is 3.64. The molecule has 32 heavy (non-hydrogen) atoms. The molecule has 0 aliphatic carbocycles. The van der Waals surface area contributed by atoms with Crippen LogP contribution in [0.3, 0.4) is 0 Å². The summed E-state index contributed by atoms with van der Waals surface area (Å²) in [7, 11) is 0. The maximum atomic E-state index is 13.2. The Morgan fingerprint density at radius 3 is 2.91 bits per heavy atom. The van der Waals surface area contributed by atoms with Gasteiger partial charge in [0, 0.05) is 47.7 Å². The molecule has 8 heteroatoms. The monoisotopic (exact) mass is 429 g/mol. The molecule has 4 heterocycles. The molecule has 162 valence electrons. The Labute approximate surface area is 184 Å². The summed E-state index contributed by atoms with van der Waals surface area (Å²) in [4.78, 5) is 35.1. The molecule has 0 saturated heterocycles. The Morgan fingerprint density at radius 2 is 2.09 bits per heavy atom. The van der Waals surface area contributed by atoms with Gasteiger partial charge in [0.15, 0.2) is 5.69 Å². The Bertz CT molecular complexity index is 1290. The first-order valence-corrected chi connectivity index (χ1v) is 10.7. The molecule has 0 spiro atoms. The number of nitrogens with one attached hydrogen (secondary N) is 1. The van der Waals surface area contributed by atoms with Crippen molar-refractivity contribution < 1.29 is 14.3 Å². The molecule has 0 radical (unpaired) electrons. The number of ether oxygens (including phenoxy) is 1. The lowest BCUT2D eigenvalue weighted by molar-refractivity contribution is 0.0513. The fourth-order valence-corrected chi connectivity index (χ4v) is 4.17. The molecule has 1 aromatic carbocycles. The molecule has 1 aliphatic rings. The number of nitrogens with zero attached hydrogens (tertiary/aromatic N) is 4. The first-order chi connectivity index (χ1) is 15.6. The predicted octanol–water partition coefficient (Wildman–Crippen LogP) is 3.18. The number of H-pyrrole nitrogens is 1. The van der Waals surface area contributed by atoms with Gasteiger partial charge < -0.3 is 14.6 Å². The van der Waals surface area contributed by atoms with Crippen molar-refractivity contribution in [2.75, 3.05) is 13.2 Å². The van der Waals surface area contributed by atoms with Crippen LogP contribution in [0.2, 0.25) is 0 Å². The molecule has 8 nitrogen and oxygen atoms in total. The zero-order chi connectivity index (χ0) is 22.1. The molecular weight excluding hydrogens is 406 g/mol. The first kappa shape index (κ1) is 20.0. The number of pyridine rings is 1. The molecule has 5 rings (SSSR count). The summed E-state index contributed by atoms with van der Waals surface area (Å²) in [5, 5.41) is 5.62. The molecule has 0 saturated carbocycles. The maximum Gasteiger partial charge on any atom is 0.359 e. The second kappa shape index (κ2) is 8.30. The number of aromatic amines is 1. The quantitative estimate of drug-likeness (QED) is 0.492. The van der Waals surface area contributed by atoms with Gasteiger partial charge in [-0.15, -0.1) is 0 Å². The predicted molar refractivity (Wildman–Crippen MR) is 118 cm³/mol. The summed E-state index contributed by atoms with van der Waals surface area (Å²) in [6.45, 7) is 3.35. The minimum Gasteiger partial charge on any atom is -0.461 e. The van der Waals surface area contributed by atoms with E-state index in [0.717, 1.165) is 27.9 Å². The third-order valence-electron chi connectivity index (χ3n) is 5.73. The summed E-state index contributed by atoms with van der Waals surface area (Å²) in [6.07, 6.45) is 4.19. The van der Waals surface area contributed by atoms with Crippen molar-refractivity contribution in [1.82, 2.24) is 24.6 Å². The summed E-state index contributed by atoms with van der Waals surface area (Å²) in [5.41, 5.74) is 4.36. The normalized spacial score (nSPS) is 13.2. The van der Waals surface area contributed by atoms with Gasteiger partial charge in [-0.1, -0.05) is 12.1 Å². The second-order valence-corrected chi connectivity index (χ2v) is 7.73. The fraction of sp³-hybridized carbons (Fsp3) is 0.250. The Balaban J connectivity index is 1.46. The highest BCUT2D eigenvalue weighted by molar-refractivity contribution is 5.98. The minimum atomic E-state index is -0.467. The van der Waals surface area contributed by atoms with E-state index in [-0.39, 0.29) is 18.2 Å². The first-order valence-electron chi connectivity index (χ1n) is 10.7. The van der Waals surface area contributed by atoms with Crippen LogP contribution in [0.15, 0.2) is 54.9 Å². The third-order valence-corrected chi connectivity index (χ3v) is 5.73. The van der Waals surface area contributed by atoms with Crippen molar-refractivity contribution >= 4 is 22.8 Å². The van der Waals surface area contributed by atoms with E-state index in [9.17, 15) is 9.59 Å². The number of aromatic nitrogens is 4. The molecular formula is C24H23N5O3. The molecule has 0 atom stereocenters. The number of carbonyl (C=O) groups is 2. The van der Waals surface area contributed by atoms with Crippen molar-refractivity contribution in [3.8, 4) is 0 Å². The van der Waals surface area contributed by atoms with E-state index in [4.69, 9.17) is 4.74 Å². The largest absolute Gasteiger partial charge is 0.461 e. The number of rotatable bonds is 5.